The van der Waals surface area contributed by atoms with Gasteiger partial charge >= 0.3 is 6.18 Å². The van der Waals surface area contributed by atoms with E-state index in [1.165, 1.54) is 6.07 Å². The Bertz CT molecular complexity index is 346. The summed E-state index contributed by atoms with van der Waals surface area (Å²) in [7, 11) is 1.79. The van der Waals surface area contributed by atoms with Gasteiger partial charge in [0.25, 0.3) is 0 Å². The Kier molecular flexibility index (Phi) is 4.29. The van der Waals surface area contributed by atoms with Gasteiger partial charge in [0.2, 0.25) is 0 Å². The van der Waals surface area contributed by atoms with E-state index in [0.29, 0.717) is 12.0 Å². The van der Waals surface area contributed by atoms with Crippen LogP contribution >= 0.6 is 0 Å². The minimum Gasteiger partial charge on any atom is -0.320 e. The zero-order valence-corrected chi connectivity index (χ0v) is 8.87. The predicted octanol–water partition coefficient (Wildman–Crippen LogP) is 3.00. The first kappa shape index (κ1) is 13.0. The standard InChI is InChI=1S/C11H13F4N/c1-16-6-2-3-8-4-5-9(10(12)7-8)11(13,14)15/h4-5,7,16H,2-3,6H2,1H3. The summed E-state index contributed by atoms with van der Waals surface area (Å²) < 4.78 is 49.8. The molecule has 1 rings (SSSR count). The minimum absolute atomic E-state index is 0.565. The number of hydrogen-bond acceptors (Lipinski definition) is 1. The SMILES string of the molecule is CNCCCc1ccc(C(F)(F)F)c(F)c1. The zero-order valence-electron chi connectivity index (χ0n) is 8.87. The molecule has 16 heavy (non-hydrogen) atoms. The first-order valence-electron chi connectivity index (χ1n) is 4.95. The number of rotatable bonds is 4. The first-order chi connectivity index (χ1) is 7.45. The van der Waals surface area contributed by atoms with Crippen LogP contribution in [0.15, 0.2) is 18.2 Å². The molecule has 1 N–H and O–H groups in total. The maximum atomic E-state index is 13.1. The Morgan fingerprint density at radius 1 is 1.25 bits per heavy atom. The topological polar surface area (TPSA) is 12.0 Å². The van der Waals surface area contributed by atoms with E-state index in [2.05, 4.69) is 5.32 Å². The molecule has 5 heteroatoms. The summed E-state index contributed by atoms with van der Waals surface area (Å²) in [6.45, 7) is 0.753. The third-order valence-electron chi connectivity index (χ3n) is 2.23. The largest absolute Gasteiger partial charge is 0.419 e. The Morgan fingerprint density at radius 3 is 2.44 bits per heavy atom. The number of hydrogen-bond donors (Lipinski definition) is 1. The quantitative estimate of drug-likeness (QED) is 0.625. The van der Waals surface area contributed by atoms with E-state index < -0.39 is 17.6 Å². The van der Waals surface area contributed by atoms with E-state index in [4.69, 9.17) is 0 Å². The Balaban J connectivity index is 2.75. The van der Waals surface area contributed by atoms with Crippen molar-refractivity contribution in [1.29, 1.82) is 0 Å². The van der Waals surface area contributed by atoms with Gasteiger partial charge in [-0.2, -0.15) is 13.2 Å². The van der Waals surface area contributed by atoms with Crippen molar-refractivity contribution in [3.8, 4) is 0 Å². The smallest absolute Gasteiger partial charge is 0.320 e. The lowest BCUT2D eigenvalue weighted by molar-refractivity contribution is -0.140. The average Bonchev–Trinajstić information content (AvgIpc) is 2.16. The highest BCUT2D eigenvalue weighted by Gasteiger charge is 2.33. The molecule has 1 nitrogen and oxygen atoms in total. The molecule has 0 aliphatic carbocycles. The molecule has 90 valence electrons. The van der Waals surface area contributed by atoms with Gasteiger partial charge in [-0.25, -0.2) is 4.39 Å². The number of aryl methyl sites for hydroxylation is 1. The van der Waals surface area contributed by atoms with Crippen molar-refractivity contribution in [2.45, 2.75) is 19.0 Å². The molecule has 0 saturated carbocycles. The zero-order chi connectivity index (χ0) is 12.2. The number of nitrogens with one attached hydrogen (secondary N) is 1. The Hall–Kier alpha value is -1.10. The molecule has 0 radical (unpaired) electrons. The van der Waals surface area contributed by atoms with Gasteiger partial charge in [-0.15, -0.1) is 0 Å². The van der Waals surface area contributed by atoms with E-state index in [9.17, 15) is 17.6 Å². The molecule has 0 aliphatic heterocycles. The van der Waals surface area contributed by atoms with Gasteiger partial charge in [-0.05, 0) is 44.1 Å². The van der Waals surface area contributed by atoms with Crippen molar-refractivity contribution < 1.29 is 17.6 Å². The van der Waals surface area contributed by atoms with E-state index in [0.717, 1.165) is 25.1 Å². The molecule has 0 aromatic heterocycles. The molecule has 0 fully saturated rings. The van der Waals surface area contributed by atoms with Crippen LogP contribution in [0.25, 0.3) is 0 Å². The predicted molar refractivity (Wildman–Crippen MR) is 53.6 cm³/mol. The summed E-state index contributed by atoms with van der Waals surface area (Å²) in [5.41, 5.74) is -0.620. The molecule has 0 heterocycles. The second-order valence-electron chi connectivity index (χ2n) is 3.52. The first-order valence-corrected chi connectivity index (χ1v) is 4.95. The van der Waals surface area contributed by atoms with Crippen LogP contribution in [0.4, 0.5) is 17.6 Å². The van der Waals surface area contributed by atoms with Gasteiger partial charge in [0.1, 0.15) is 5.82 Å². The molecule has 0 aliphatic rings. The minimum atomic E-state index is -4.62. The lowest BCUT2D eigenvalue weighted by Crippen LogP contribution is -2.10. The summed E-state index contributed by atoms with van der Waals surface area (Å²) in [6.07, 6.45) is -3.29. The molecule has 1 aromatic carbocycles. The summed E-state index contributed by atoms with van der Waals surface area (Å²) in [5.74, 6) is -1.20. The fraction of sp³-hybridized carbons (Fsp3) is 0.455. The van der Waals surface area contributed by atoms with E-state index >= 15 is 0 Å². The molecule has 0 saturated heterocycles. The maximum absolute atomic E-state index is 13.1. The third kappa shape index (κ3) is 3.48. The van der Waals surface area contributed by atoms with Crippen LogP contribution < -0.4 is 5.32 Å². The lowest BCUT2D eigenvalue weighted by Gasteiger charge is -2.09. The van der Waals surface area contributed by atoms with Crippen molar-refractivity contribution in [2.24, 2.45) is 0 Å². The molecule has 0 unspecified atom stereocenters. The monoisotopic (exact) mass is 235 g/mol. The second-order valence-corrected chi connectivity index (χ2v) is 3.52. The van der Waals surface area contributed by atoms with E-state index in [-0.39, 0.29) is 0 Å². The van der Waals surface area contributed by atoms with Crippen LogP contribution in [0.3, 0.4) is 0 Å². The van der Waals surface area contributed by atoms with Gasteiger partial charge in [-0.1, -0.05) is 6.07 Å². The molecule has 0 spiro atoms. The van der Waals surface area contributed by atoms with Crippen molar-refractivity contribution in [2.75, 3.05) is 13.6 Å². The molecule has 0 amide bonds. The van der Waals surface area contributed by atoms with Gasteiger partial charge in [0.15, 0.2) is 0 Å². The molecular formula is C11H13F4N. The lowest BCUT2D eigenvalue weighted by atomic mass is 10.1. The molecule has 1 aromatic rings. The van der Waals surface area contributed by atoms with Gasteiger partial charge in [-0.3, -0.25) is 0 Å². The van der Waals surface area contributed by atoms with Crippen LogP contribution in [-0.4, -0.2) is 13.6 Å². The van der Waals surface area contributed by atoms with Gasteiger partial charge in [0.05, 0.1) is 5.56 Å². The number of alkyl halides is 3. The van der Waals surface area contributed by atoms with E-state index in [1.54, 1.807) is 7.05 Å². The van der Waals surface area contributed by atoms with Gasteiger partial charge < -0.3 is 5.32 Å². The fourth-order valence-electron chi connectivity index (χ4n) is 1.41. The number of benzene rings is 1. The third-order valence-corrected chi connectivity index (χ3v) is 2.23. The average molecular weight is 235 g/mol. The maximum Gasteiger partial charge on any atom is 0.419 e. The summed E-state index contributed by atoms with van der Waals surface area (Å²) in [6, 6.07) is 3.07. The summed E-state index contributed by atoms with van der Waals surface area (Å²) in [4.78, 5) is 0. The second kappa shape index (κ2) is 5.30. The van der Waals surface area contributed by atoms with Crippen LogP contribution in [0.5, 0.6) is 0 Å². The van der Waals surface area contributed by atoms with Gasteiger partial charge in [0, 0.05) is 0 Å². The highest BCUT2D eigenvalue weighted by atomic mass is 19.4. The van der Waals surface area contributed by atoms with Crippen LogP contribution in [0.2, 0.25) is 0 Å². The summed E-state index contributed by atoms with van der Waals surface area (Å²) >= 11 is 0. The van der Waals surface area contributed by atoms with Crippen molar-refractivity contribution >= 4 is 0 Å². The van der Waals surface area contributed by atoms with Crippen molar-refractivity contribution in [3.05, 3.63) is 35.1 Å². The van der Waals surface area contributed by atoms with Crippen molar-refractivity contribution in [3.63, 3.8) is 0 Å². The fourth-order valence-corrected chi connectivity index (χ4v) is 1.41. The Morgan fingerprint density at radius 2 is 1.94 bits per heavy atom. The van der Waals surface area contributed by atoms with Crippen LogP contribution in [0, 0.1) is 5.82 Å². The Labute approximate surface area is 91.5 Å². The van der Waals surface area contributed by atoms with E-state index in [1.807, 2.05) is 0 Å². The van der Waals surface area contributed by atoms with Crippen LogP contribution in [0.1, 0.15) is 17.5 Å². The normalized spacial score (nSPS) is 11.8. The highest BCUT2D eigenvalue weighted by molar-refractivity contribution is 5.26. The van der Waals surface area contributed by atoms with Crippen molar-refractivity contribution in [1.82, 2.24) is 5.32 Å². The number of halogens is 4. The highest BCUT2D eigenvalue weighted by Crippen LogP contribution is 2.31. The van der Waals surface area contributed by atoms with Crippen LogP contribution in [-0.2, 0) is 12.6 Å². The molecular weight excluding hydrogens is 222 g/mol. The summed E-state index contributed by atoms with van der Waals surface area (Å²) in [5, 5.41) is 2.91. The molecule has 0 bridgehead atoms. The molecule has 0 atom stereocenters.